The number of nitrogens with zero attached hydrogens (tertiary/aromatic N) is 1. The molecule has 0 fully saturated rings. The number of benzene rings is 2. The van der Waals surface area contributed by atoms with Gasteiger partial charge in [-0.1, -0.05) is 30.3 Å². The van der Waals surface area contributed by atoms with Gasteiger partial charge in [0.05, 0.1) is 12.1 Å². The Morgan fingerprint density at radius 3 is 2.58 bits per heavy atom. The minimum Gasteiger partial charge on any atom is -0.443 e. The van der Waals surface area contributed by atoms with Crippen LogP contribution in [0.5, 0.6) is 5.75 Å². The van der Waals surface area contributed by atoms with Gasteiger partial charge in [-0.15, -0.1) is 0 Å². The molecule has 0 saturated carbocycles. The van der Waals surface area contributed by atoms with Gasteiger partial charge in [0.15, 0.2) is 5.90 Å². The van der Waals surface area contributed by atoms with Crippen LogP contribution in [0.1, 0.15) is 11.1 Å². The molecule has 1 aliphatic heterocycles. The van der Waals surface area contributed by atoms with Gasteiger partial charge in [0, 0.05) is 6.61 Å². The average molecular weight is 253 g/mol. The van der Waals surface area contributed by atoms with Crippen molar-refractivity contribution < 1.29 is 9.84 Å². The summed E-state index contributed by atoms with van der Waals surface area (Å²) in [6.45, 7) is 0.169. The second-order valence-electron chi connectivity index (χ2n) is 4.53. The van der Waals surface area contributed by atoms with Crippen LogP contribution in [0.2, 0.25) is 0 Å². The van der Waals surface area contributed by atoms with Crippen LogP contribution in [0.4, 0.5) is 5.69 Å². The molecule has 3 heteroatoms. The van der Waals surface area contributed by atoms with Gasteiger partial charge in [-0.05, 0) is 35.7 Å². The number of aliphatic imine (C=N–C) groups is 1. The van der Waals surface area contributed by atoms with Gasteiger partial charge >= 0.3 is 0 Å². The van der Waals surface area contributed by atoms with Gasteiger partial charge in [-0.3, -0.25) is 0 Å². The summed E-state index contributed by atoms with van der Waals surface area (Å²) in [5, 5.41) is 8.87. The number of rotatable bonds is 3. The molecule has 96 valence electrons. The van der Waals surface area contributed by atoms with Crippen LogP contribution in [0.3, 0.4) is 0 Å². The van der Waals surface area contributed by atoms with Crippen LogP contribution in [0, 0.1) is 0 Å². The third kappa shape index (κ3) is 2.66. The maximum atomic E-state index is 8.87. The Hall–Kier alpha value is -2.13. The van der Waals surface area contributed by atoms with E-state index in [1.54, 1.807) is 0 Å². The summed E-state index contributed by atoms with van der Waals surface area (Å²) < 4.78 is 5.78. The predicted octanol–water partition coefficient (Wildman–Crippen LogP) is 2.89. The maximum Gasteiger partial charge on any atom is 0.199 e. The number of ether oxygens (including phenoxy) is 1. The molecule has 0 saturated heterocycles. The van der Waals surface area contributed by atoms with E-state index in [9.17, 15) is 0 Å². The minimum absolute atomic E-state index is 0.169. The monoisotopic (exact) mass is 253 g/mol. The van der Waals surface area contributed by atoms with E-state index in [-0.39, 0.29) is 6.61 Å². The normalized spacial score (nSPS) is 13.0. The zero-order valence-electron chi connectivity index (χ0n) is 10.5. The lowest BCUT2D eigenvalue weighted by atomic mass is 10.1. The SMILES string of the molecule is OCCc1ccc(OC2=Nc3ccccc3C2)cc1. The predicted molar refractivity (Wildman–Crippen MR) is 75.1 cm³/mol. The number of aliphatic hydroxyl groups is 1. The van der Waals surface area contributed by atoms with Gasteiger partial charge in [0.25, 0.3) is 0 Å². The summed E-state index contributed by atoms with van der Waals surface area (Å²) in [5.74, 6) is 1.52. The molecule has 3 rings (SSSR count). The molecule has 19 heavy (non-hydrogen) atoms. The van der Waals surface area contributed by atoms with Gasteiger partial charge in [-0.25, -0.2) is 4.99 Å². The highest BCUT2D eigenvalue weighted by Crippen LogP contribution is 2.27. The van der Waals surface area contributed by atoms with Crippen molar-refractivity contribution in [1.29, 1.82) is 0 Å². The smallest absolute Gasteiger partial charge is 0.199 e. The van der Waals surface area contributed by atoms with Crippen molar-refractivity contribution in [2.45, 2.75) is 12.8 Å². The summed E-state index contributed by atoms with van der Waals surface area (Å²) in [4.78, 5) is 4.46. The number of aliphatic hydroxyl groups excluding tert-OH is 1. The quantitative estimate of drug-likeness (QED) is 0.913. The molecular weight excluding hydrogens is 238 g/mol. The van der Waals surface area contributed by atoms with E-state index in [1.807, 2.05) is 42.5 Å². The minimum atomic E-state index is 0.169. The van der Waals surface area contributed by atoms with E-state index in [4.69, 9.17) is 9.84 Å². The maximum absolute atomic E-state index is 8.87. The third-order valence-corrected chi connectivity index (χ3v) is 3.14. The first-order chi connectivity index (χ1) is 9.35. The third-order valence-electron chi connectivity index (χ3n) is 3.14. The first-order valence-electron chi connectivity index (χ1n) is 6.38. The lowest BCUT2D eigenvalue weighted by Crippen LogP contribution is -2.07. The molecule has 0 bridgehead atoms. The average Bonchev–Trinajstić information content (AvgIpc) is 2.83. The molecule has 0 radical (unpaired) electrons. The lowest BCUT2D eigenvalue weighted by Gasteiger charge is -2.05. The Morgan fingerprint density at radius 2 is 1.84 bits per heavy atom. The zero-order valence-corrected chi connectivity index (χ0v) is 10.5. The van der Waals surface area contributed by atoms with Gasteiger partial charge in [0.1, 0.15) is 5.75 Å². The van der Waals surface area contributed by atoms with Crippen molar-refractivity contribution >= 4 is 11.6 Å². The molecule has 3 nitrogen and oxygen atoms in total. The van der Waals surface area contributed by atoms with E-state index >= 15 is 0 Å². The van der Waals surface area contributed by atoms with E-state index in [0.29, 0.717) is 6.42 Å². The van der Waals surface area contributed by atoms with E-state index in [2.05, 4.69) is 11.1 Å². The fraction of sp³-hybridized carbons (Fsp3) is 0.188. The zero-order chi connectivity index (χ0) is 13.1. The van der Waals surface area contributed by atoms with Crippen molar-refractivity contribution in [2.75, 3.05) is 6.61 Å². The summed E-state index contributed by atoms with van der Waals surface area (Å²) in [7, 11) is 0. The molecule has 1 N–H and O–H groups in total. The second kappa shape index (κ2) is 5.24. The highest BCUT2D eigenvalue weighted by molar-refractivity contribution is 5.89. The molecule has 0 amide bonds. The highest BCUT2D eigenvalue weighted by atomic mass is 16.5. The highest BCUT2D eigenvalue weighted by Gasteiger charge is 2.15. The van der Waals surface area contributed by atoms with Crippen LogP contribution in [0.15, 0.2) is 53.5 Å². The van der Waals surface area contributed by atoms with E-state index < -0.39 is 0 Å². The van der Waals surface area contributed by atoms with Crippen molar-refractivity contribution in [1.82, 2.24) is 0 Å². The van der Waals surface area contributed by atoms with Crippen molar-refractivity contribution in [3.8, 4) is 5.75 Å². The standard InChI is InChI=1S/C16H15NO2/c18-10-9-12-5-7-14(8-6-12)19-16-11-13-3-1-2-4-15(13)17-16/h1-8,18H,9-11H2. The molecule has 1 heterocycles. The van der Waals surface area contributed by atoms with Gasteiger partial charge < -0.3 is 9.84 Å². The summed E-state index contributed by atoms with van der Waals surface area (Å²) in [6, 6.07) is 15.8. The lowest BCUT2D eigenvalue weighted by molar-refractivity contribution is 0.299. The van der Waals surface area contributed by atoms with E-state index in [1.165, 1.54) is 5.56 Å². The molecule has 0 unspecified atom stereocenters. The largest absolute Gasteiger partial charge is 0.443 e. The second-order valence-corrected chi connectivity index (χ2v) is 4.53. The molecule has 0 aliphatic carbocycles. The fourth-order valence-electron chi connectivity index (χ4n) is 2.15. The number of hydrogen-bond acceptors (Lipinski definition) is 3. The van der Waals surface area contributed by atoms with Crippen LogP contribution in [-0.2, 0) is 12.8 Å². The van der Waals surface area contributed by atoms with Crippen LogP contribution < -0.4 is 4.74 Å². The van der Waals surface area contributed by atoms with Crippen molar-refractivity contribution in [3.05, 3.63) is 59.7 Å². The Labute approximate surface area is 112 Å². The number of para-hydroxylation sites is 1. The first-order valence-corrected chi connectivity index (χ1v) is 6.38. The molecular formula is C16H15NO2. The molecule has 1 aliphatic rings. The topological polar surface area (TPSA) is 41.8 Å². The summed E-state index contributed by atoms with van der Waals surface area (Å²) in [5.41, 5.74) is 3.30. The Kier molecular flexibility index (Phi) is 3.29. The number of hydrogen-bond donors (Lipinski definition) is 1. The molecule has 2 aromatic carbocycles. The molecule has 2 aromatic rings. The van der Waals surface area contributed by atoms with E-state index in [0.717, 1.165) is 29.3 Å². The Bertz CT molecular complexity index is 602. The molecule has 0 aromatic heterocycles. The van der Waals surface area contributed by atoms with Gasteiger partial charge in [0.2, 0.25) is 0 Å². The van der Waals surface area contributed by atoms with Crippen LogP contribution in [-0.4, -0.2) is 17.6 Å². The molecule has 0 spiro atoms. The number of fused-ring (bicyclic) bond motifs is 1. The Balaban J connectivity index is 1.70. The Morgan fingerprint density at radius 1 is 1.05 bits per heavy atom. The van der Waals surface area contributed by atoms with Crippen LogP contribution in [0.25, 0.3) is 0 Å². The first kappa shape index (κ1) is 11.9. The van der Waals surface area contributed by atoms with Gasteiger partial charge in [-0.2, -0.15) is 0 Å². The summed E-state index contributed by atoms with van der Waals surface area (Å²) >= 11 is 0. The fourth-order valence-corrected chi connectivity index (χ4v) is 2.15. The van der Waals surface area contributed by atoms with Crippen LogP contribution >= 0.6 is 0 Å². The van der Waals surface area contributed by atoms with Crippen molar-refractivity contribution in [3.63, 3.8) is 0 Å². The van der Waals surface area contributed by atoms with Crippen molar-refractivity contribution in [2.24, 2.45) is 4.99 Å². The summed E-state index contributed by atoms with van der Waals surface area (Å²) in [6.07, 6.45) is 1.42. The molecule has 0 atom stereocenters.